The summed E-state index contributed by atoms with van der Waals surface area (Å²) in [4.78, 5) is 2.01. The van der Waals surface area contributed by atoms with E-state index in [9.17, 15) is 8.78 Å². The van der Waals surface area contributed by atoms with Crippen LogP contribution >= 0.6 is 0 Å². The van der Waals surface area contributed by atoms with Gasteiger partial charge in [-0.05, 0) is 29.8 Å². The summed E-state index contributed by atoms with van der Waals surface area (Å²) in [7, 11) is 3.94. The van der Waals surface area contributed by atoms with Crippen molar-refractivity contribution in [2.45, 2.75) is 0 Å². The smallest absolute Gasteiger partial charge is 0.133 e. The van der Waals surface area contributed by atoms with Crippen molar-refractivity contribution in [3.63, 3.8) is 0 Å². The second-order valence-corrected chi connectivity index (χ2v) is 4.49. The van der Waals surface area contributed by atoms with Gasteiger partial charge in [-0.15, -0.1) is 0 Å². The van der Waals surface area contributed by atoms with Crippen LogP contribution in [0.15, 0.2) is 42.5 Å². The van der Waals surface area contributed by atoms with Gasteiger partial charge in [0.1, 0.15) is 11.6 Å². The van der Waals surface area contributed by atoms with Crippen LogP contribution in [0.5, 0.6) is 0 Å². The van der Waals surface area contributed by atoms with Gasteiger partial charge in [-0.25, -0.2) is 8.78 Å². The van der Waals surface area contributed by atoms with Gasteiger partial charge < -0.3 is 4.90 Å². The highest BCUT2D eigenvalue weighted by Crippen LogP contribution is 2.16. The Labute approximate surface area is 111 Å². The first kappa shape index (κ1) is 13.3. The van der Waals surface area contributed by atoms with Crippen molar-refractivity contribution in [1.29, 1.82) is 0 Å². The Morgan fingerprint density at radius 1 is 0.895 bits per heavy atom. The average Bonchev–Trinajstić information content (AvgIpc) is 2.38. The molecule has 0 aliphatic rings. The first-order valence-electron chi connectivity index (χ1n) is 5.97. The van der Waals surface area contributed by atoms with Gasteiger partial charge in [-0.3, -0.25) is 0 Å². The van der Waals surface area contributed by atoms with E-state index >= 15 is 0 Å². The Balaban J connectivity index is 2.18. The molecule has 0 aromatic heterocycles. The number of hydrogen-bond acceptors (Lipinski definition) is 1. The van der Waals surface area contributed by atoms with Gasteiger partial charge in [-0.1, -0.05) is 24.3 Å². The Bertz CT molecular complexity index is 586. The number of anilines is 1. The largest absolute Gasteiger partial charge is 0.378 e. The molecular formula is C16H15F2N. The standard InChI is InChI=1S/C16H15F2N/c1-19(2)15-9-4-12(5-10-15)3-6-13-7-8-14(17)11-16(13)18/h3-11H,1-2H3. The summed E-state index contributed by atoms with van der Waals surface area (Å²) in [5, 5.41) is 0. The third-order valence-corrected chi connectivity index (χ3v) is 2.83. The molecule has 3 heteroatoms. The Kier molecular flexibility index (Phi) is 3.95. The average molecular weight is 259 g/mol. The lowest BCUT2D eigenvalue weighted by Crippen LogP contribution is -2.07. The molecule has 98 valence electrons. The Hall–Kier alpha value is -2.16. The van der Waals surface area contributed by atoms with Gasteiger partial charge in [-0.2, -0.15) is 0 Å². The van der Waals surface area contributed by atoms with Crippen molar-refractivity contribution in [2.24, 2.45) is 0 Å². The quantitative estimate of drug-likeness (QED) is 0.747. The zero-order valence-corrected chi connectivity index (χ0v) is 10.9. The van der Waals surface area contributed by atoms with Crippen molar-refractivity contribution >= 4 is 17.8 Å². The van der Waals surface area contributed by atoms with Gasteiger partial charge in [0.25, 0.3) is 0 Å². The molecule has 2 aromatic carbocycles. The first-order chi connectivity index (χ1) is 9.06. The van der Waals surface area contributed by atoms with Crippen LogP contribution in [0.2, 0.25) is 0 Å². The van der Waals surface area contributed by atoms with Crippen molar-refractivity contribution < 1.29 is 8.78 Å². The lowest BCUT2D eigenvalue weighted by Gasteiger charge is -2.11. The van der Waals surface area contributed by atoms with Crippen molar-refractivity contribution in [2.75, 3.05) is 19.0 Å². The summed E-state index contributed by atoms with van der Waals surface area (Å²) in [6, 6.07) is 11.4. The summed E-state index contributed by atoms with van der Waals surface area (Å²) in [6.07, 6.45) is 3.44. The van der Waals surface area contributed by atoms with E-state index in [0.29, 0.717) is 5.56 Å². The maximum absolute atomic E-state index is 13.4. The maximum atomic E-state index is 13.4. The van der Waals surface area contributed by atoms with Crippen LogP contribution in [-0.4, -0.2) is 14.1 Å². The highest BCUT2D eigenvalue weighted by Gasteiger charge is 2.00. The van der Waals surface area contributed by atoms with Crippen molar-refractivity contribution in [3.05, 3.63) is 65.2 Å². The SMILES string of the molecule is CN(C)c1ccc(C=Cc2ccc(F)cc2F)cc1. The lowest BCUT2D eigenvalue weighted by atomic mass is 10.1. The fraction of sp³-hybridized carbons (Fsp3) is 0.125. The van der Waals surface area contributed by atoms with Crippen LogP contribution in [0.1, 0.15) is 11.1 Å². The molecule has 0 spiro atoms. The third-order valence-electron chi connectivity index (χ3n) is 2.83. The molecule has 0 saturated carbocycles. The molecule has 0 amide bonds. The summed E-state index contributed by atoms with van der Waals surface area (Å²) < 4.78 is 26.2. The van der Waals surface area contributed by atoms with Gasteiger partial charge in [0, 0.05) is 31.4 Å². The van der Waals surface area contributed by atoms with Gasteiger partial charge in [0.2, 0.25) is 0 Å². The summed E-state index contributed by atoms with van der Waals surface area (Å²) >= 11 is 0. The predicted octanol–water partition coefficient (Wildman–Crippen LogP) is 4.20. The Morgan fingerprint density at radius 2 is 1.58 bits per heavy atom. The number of benzene rings is 2. The number of halogens is 2. The lowest BCUT2D eigenvalue weighted by molar-refractivity contribution is 0.581. The summed E-state index contributed by atoms with van der Waals surface area (Å²) in [5.41, 5.74) is 2.44. The molecule has 0 bridgehead atoms. The van der Waals surface area contributed by atoms with E-state index in [0.717, 1.165) is 17.3 Å². The molecular weight excluding hydrogens is 244 g/mol. The summed E-state index contributed by atoms with van der Waals surface area (Å²) in [5.74, 6) is -1.12. The van der Waals surface area contributed by atoms with Crippen LogP contribution in [0, 0.1) is 11.6 Å². The van der Waals surface area contributed by atoms with Gasteiger partial charge in [0.05, 0.1) is 0 Å². The maximum Gasteiger partial charge on any atom is 0.133 e. The minimum Gasteiger partial charge on any atom is -0.378 e. The second kappa shape index (κ2) is 5.65. The third kappa shape index (κ3) is 3.41. The molecule has 0 aliphatic carbocycles. The Morgan fingerprint density at radius 3 is 2.16 bits per heavy atom. The molecule has 0 unspecified atom stereocenters. The summed E-state index contributed by atoms with van der Waals surface area (Å²) in [6.45, 7) is 0. The zero-order chi connectivity index (χ0) is 13.8. The van der Waals surface area contributed by atoms with E-state index in [1.165, 1.54) is 12.1 Å². The molecule has 0 saturated heterocycles. The molecule has 0 radical (unpaired) electrons. The normalized spacial score (nSPS) is 10.9. The number of rotatable bonds is 3. The van der Waals surface area contributed by atoms with Gasteiger partial charge >= 0.3 is 0 Å². The molecule has 0 fully saturated rings. The monoisotopic (exact) mass is 259 g/mol. The fourth-order valence-electron chi connectivity index (χ4n) is 1.71. The van der Waals surface area contributed by atoms with E-state index in [4.69, 9.17) is 0 Å². The molecule has 2 aromatic rings. The van der Waals surface area contributed by atoms with Crippen molar-refractivity contribution in [1.82, 2.24) is 0 Å². The number of hydrogen-bond donors (Lipinski definition) is 0. The molecule has 19 heavy (non-hydrogen) atoms. The van der Waals surface area contributed by atoms with E-state index in [2.05, 4.69) is 0 Å². The predicted molar refractivity (Wildman–Crippen MR) is 76.1 cm³/mol. The van der Waals surface area contributed by atoms with E-state index in [1.54, 1.807) is 12.2 Å². The van der Waals surface area contributed by atoms with Crippen LogP contribution in [-0.2, 0) is 0 Å². The van der Waals surface area contributed by atoms with E-state index in [-0.39, 0.29) is 0 Å². The first-order valence-corrected chi connectivity index (χ1v) is 5.97. The van der Waals surface area contributed by atoms with Crippen LogP contribution in [0.25, 0.3) is 12.2 Å². The minimum atomic E-state index is -0.565. The van der Waals surface area contributed by atoms with E-state index in [1.807, 2.05) is 43.3 Å². The molecule has 0 atom stereocenters. The molecule has 0 heterocycles. The fourth-order valence-corrected chi connectivity index (χ4v) is 1.71. The highest BCUT2D eigenvalue weighted by molar-refractivity contribution is 5.70. The van der Waals surface area contributed by atoms with Crippen LogP contribution in [0.3, 0.4) is 0 Å². The van der Waals surface area contributed by atoms with Crippen LogP contribution < -0.4 is 4.90 Å². The van der Waals surface area contributed by atoms with E-state index < -0.39 is 11.6 Å². The molecule has 1 nitrogen and oxygen atoms in total. The minimum absolute atomic E-state index is 0.373. The second-order valence-electron chi connectivity index (χ2n) is 4.49. The van der Waals surface area contributed by atoms with Crippen molar-refractivity contribution in [3.8, 4) is 0 Å². The van der Waals surface area contributed by atoms with Gasteiger partial charge in [0.15, 0.2) is 0 Å². The molecule has 0 N–H and O–H groups in total. The highest BCUT2D eigenvalue weighted by atomic mass is 19.1. The number of nitrogens with zero attached hydrogens (tertiary/aromatic N) is 1. The molecule has 0 aliphatic heterocycles. The zero-order valence-electron chi connectivity index (χ0n) is 10.9. The van der Waals surface area contributed by atoms with Crippen LogP contribution in [0.4, 0.5) is 14.5 Å². The molecule has 2 rings (SSSR count). The topological polar surface area (TPSA) is 3.24 Å².